The van der Waals surface area contributed by atoms with Crippen LogP contribution >= 0.6 is 0 Å². The van der Waals surface area contributed by atoms with Gasteiger partial charge in [-0.15, -0.1) is 0 Å². The molecule has 0 radical (unpaired) electrons. The average Bonchev–Trinajstić information content (AvgIpc) is 3.79. The number of aromatic nitrogens is 2. The summed E-state index contributed by atoms with van der Waals surface area (Å²) in [5.41, 5.74) is 10.7. The SMILES string of the molecule is CCc1ccc2c([Si](c3ccccc3)(c3ccccc3)c3ccc4ccccc4c3)c3cc(CC)ccc3c(-c3ccc(-n4c(-c5ccccc5)nc5cccc(C)c54)c4ccccc34)c2c1. The van der Waals surface area contributed by atoms with Crippen LogP contribution in [0.4, 0.5) is 0 Å². The third-order valence-corrected chi connectivity index (χ3v) is 19.2. The molecule has 11 aromatic carbocycles. The van der Waals surface area contributed by atoms with E-state index in [4.69, 9.17) is 4.98 Å². The molecule has 67 heavy (non-hydrogen) atoms. The van der Waals surface area contributed by atoms with Crippen molar-refractivity contribution in [3.05, 3.63) is 241 Å². The van der Waals surface area contributed by atoms with Crippen LogP contribution in [0.25, 0.3) is 82.3 Å². The van der Waals surface area contributed by atoms with Crippen LogP contribution in [0.2, 0.25) is 0 Å². The van der Waals surface area contributed by atoms with Crippen molar-refractivity contribution in [2.75, 3.05) is 0 Å². The molecule has 0 saturated carbocycles. The van der Waals surface area contributed by atoms with Gasteiger partial charge in [-0.1, -0.05) is 226 Å². The molecule has 0 amide bonds. The maximum atomic E-state index is 5.32. The van der Waals surface area contributed by atoms with Crippen LogP contribution in [0.5, 0.6) is 0 Å². The smallest absolute Gasteiger partial charge is 0.180 e. The van der Waals surface area contributed by atoms with Crippen LogP contribution in [0.3, 0.4) is 0 Å². The quantitative estimate of drug-likeness (QED) is 0.0803. The molecule has 0 saturated heterocycles. The third kappa shape index (κ3) is 6.48. The monoisotopic (exact) mass is 874 g/mol. The minimum Gasteiger partial charge on any atom is -0.291 e. The summed E-state index contributed by atoms with van der Waals surface area (Å²) < 4.78 is 2.40. The van der Waals surface area contributed by atoms with E-state index in [0.29, 0.717) is 0 Å². The number of para-hydroxylation sites is 1. The van der Waals surface area contributed by atoms with E-state index in [0.717, 1.165) is 41.0 Å². The van der Waals surface area contributed by atoms with Gasteiger partial charge in [0.2, 0.25) is 0 Å². The van der Waals surface area contributed by atoms with E-state index in [2.05, 4.69) is 250 Å². The van der Waals surface area contributed by atoms with Gasteiger partial charge in [-0.2, -0.15) is 0 Å². The fourth-order valence-corrected chi connectivity index (χ4v) is 16.4. The summed E-state index contributed by atoms with van der Waals surface area (Å²) >= 11 is 0. The summed E-state index contributed by atoms with van der Waals surface area (Å²) in [6, 6.07) is 84.7. The Morgan fingerprint density at radius 3 is 1.75 bits per heavy atom. The number of imidazole rings is 1. The van der Waals surface area contributed by atoms with Crippen LogP contribution in [0, 0.1) is 6.92 Å². The maximum absolute atomic E-state index is 5.32. The number of benzene rings is 11. The molecular formula is C64H50N2Si. The van der Waals surface area contributed by atoms with Crippen molar-refractivity contribution in [3.8, 4) is 28.2 Å². The lowest BCUT2D eigenvalue weighted by Gasteiger charge is -2.37. The molecule has 1 aromatic heterocycles. The topological polar surface area (TPSA) is 17.8 Å². The number of nitrogens with zero attached hydrogens (tertiary/aromatic N) is 2. The third-order valence-electron chi connectivity index (χ3n) is 14.4. The standard InChI is InChI=1S/C64H50N2Si/c1-4-44-33-37-56-57(40-44)61(54-38-39-60(53-30-18-17-29-52(53)54)66-62-43(3)20-19-31-59(62)65-64(66)47-22-9-6-10-23-47)55-36-32-45(5-2)41-58(55)63(56)67(49-25-11-7-12-26-49,50-27-13-8-14-28-50)51-35-34-46-21-15-16-24-48(46)42-51/h6-42H,4-5H2,1-3H3. The van der Waals surface area contributed by atoms with Gasteiger partial charge >= 0.3 is 0 Å². The first kappa shape index (κ1) is 40.6. The Hall–Kier alpha value is -7.85. The Bertz CT molecular complexity index is 3790. The first-order chi connectivity index (χ1) is 33.1. The molecule has 320 valence electrons. The second kappa shape index (κ2) is 16.5. The van der Waals surface area contributed by atoms with Gasteiger partial charge in [-0.05, 0) is 118 Å². The molecular weight excluding hydrogens is 825 g/mol. The lowest BCUT2D eigenvalue weighted by molar-refractivity contribution is 1.11. The maximum Gasteiger partial charge on any atom is 0.180 e. The summed E-state index contributed by atoms with van der Waals surface area (Å²) in [6.07, 6.45) is 1.88. The lowest BCUT2D eigenvalue weighted by atomic mass is 9.87. The summed E-state index contributed by atoms with van der Waals surface area (Å²) in [5.74, 6) is 0.944. The van der Waals surface area contributed by atoms with Gasteiger partial charge < -0.3 is 0 Å². The van der Waals surface area contributed by atoms with Crippen LogP contribution in [0.15, 0.2) is 224 Å². The molecule has 0 fully saturated rings. The predicted octanol–water partition coefficient (Wildman–Crippen LogP) is 13.8. The van der Waals surface area contributed by atoms with Crippen LogP contribution in [0.1, 0.15) is 30.5 Å². The molecule has 0 bridgehead atoms. The van der Waals surface area contributed by atoms with Crippen LogP contribution < -0.4 is 20.7 Å². The molecule has 0 unspecified atom stereocenters. The Morgan fingerprint density at radius 2 is 1.04 bits per heavy atom. The van der Waals surface area contributed by atoms with Gasteiger partial charge in [0.05, 0.1) is 16.7 Å². The largest absolute Gasteiger partial charge is 0.291 e. The van der Waals surface area contributed by atoms with Crippen LogP contribution in [-0.4, -0.2) is 17.6 Å². The second-order valence-corrected chi connectivity index (χ2v) is 21.8. The van der Waals surface area contributed by atoms with Crippen molar-refractivity contribution in [1.82, 2.24) is 9.55 Å². The fourth-order valence-electron chi connectivity index (χ4n) is 11.2. The lowest BCUT2D eigenvalue weighted by Crippen LogP contribution is -2.75. The van der Waals surface area contributed by atoms with Gasteiger partial charge in [-0.25, -0.2) is 4.98 Å². The molecule has 3 heteroatoms. The number of hydrogen-bond donors (Lipinski definition) is 0. The zero-order chi connectivity index (χ0) is 45.1. The number of aryl methyl sites for hydroxylation is 3. The van der Waals surface area contributed by atoms with Gasteiger partial charge in [0.1, 0.15) is 5.82 Å². The van der Waals surface area contributed by atoms with E-state index in [1.54, 1.807) is 0 Å². The van der Waals surface area contributed by atoms with Crippen molar-refractivity contribution in [2.24, 2.45) is 0 Å². The molecule has 0 aliphatic heterocycles. The summed E-state index contributed by atoms with van der Waals surface area (Å²) in [5, 5.41) is 15.7. The van der Waals surface area contributed by atoms with Crippen LogP contribution in [-0.2, 0) is 12.8 Å². The number of fused-ring (bicyclic) bond motifs is 5. The van der Waals surface area contributed by atoms with Gasteiger partial charge in [0.25, 0.3) is 0 Å². The van der Waals surface area contributed by atoms with Gasteiger partial charge in [-0.3, -0.25) is 4.57 Å². The number of hydrogen-bond acceptors (Lipinski definition) is 1. The van der Waals surface area contributed by atoms with E-state index in [1.165, 1.54) is 91.7 Å². The van der Waals surface area contributed by atoms with E-state index in [1.807, 2.05) is 0 Å². The molecule has 0 N–H and O–H groups in total. The van der Waals surface area contributed by atoms with Gasteiger partial charge in [0.15, 0.2) is 8.07 Å². The summed E-state index contributed by atoms with van der Waals surface area (Å²) in [7, 11) is -3.11. The minimum atomic E-state index is -3.11. The second-order valence-electron chi connectivity index (χ2n) is 18.0. The van der Waals surface area contributed by atoms with Crippen molar-refractivity contribution in [1.29, 1.82) is 0 Å². The van der Waals surface area contributed by atoms with E-state index in [9.17, 15) is 0 Å². The molecule has 1 heterocycles. The Kier molecular flexibility index (Phi) is 10.0. The zero-order valence-electron chi connectivity index (χ0n) is 38.2. The highest BCUT2D eigenvalue weighted by molar-refractivity contribution is 7.21. The normalized spacial score (nSPS) is 11.9. The van der Waals surface area contributed by atoms with E-state index < -0.39 is 8.07 Å². The molecule has 12 rings (SSSR count). The van der Waals surface area contributed by atoms with E-state index in [-0.39, 0.29) is 0 Å². The van der Waals surface area contributed by atoms with Gasteiger partial charge in [0, 0.05) is 10.9 Å². The first-order valence-corrected chi connectivity index (χ1v) is 25.7. The molecule has 0 spiro atoms. The molecule has 12 aromatic rings. The average molecular weight is 875 g/mol. The highest BCUT2D eigenvalue weighted by Crippen LogP contribution is 2.43. The Balaban J connectivity index is 1.24. The first-order valence-electron chi connectivity index (χ1n) is 23.7. The predicted molar refractivity (Wildman–Crippen MR) is 289 cm³/mol. The Morgan fingerprint density at radius 1 is 0.433 bits per heavy atom. The van der Waals surface area contributed by atoms with Crippen molar-refractivity contribution < 1.29 is 0 Å². The molecule has 0 aliphatic rings. The number of rotatable bonds is 9. The fraction of sp³-hybridized carbons (Fsp3) is 0.0781. The minimum absolute atomic E-state index is 0.942. The molecule has 0 atom stereocenters. The summed E-state index contributed by atoms with van der Waals surface area (Å²) in [4.78, 5) is 5.32. The zero-order valence-corrected chi connectivity index (χ0v) is 39.2. The Labute approximate surface area is 393 Å². The van der Waals surface area contributed by atoms with Crippen molar-refractivity contribution in [3.63, 3.8) is 0 Å². The van der Waals surface area contributed by atoms with Crippen molar-refractivity contribution >= 4 is 82.9 Å². The highest BCUT2D eigenvalue weighted by Gasteiger charge is 2.44. The van der Waals surface area contributed by atoms with E-state index >= 15 is 0 Å². The molecule has 2 nitrogen and oxygen atoms in total. The summed E-state index contributed by atoms with van der Waals surface area (Å²) in [6.45, 7) is 6.77. The van der Waals surface area contributed by atoms with Crippen molar-refractivity contribution in [2.45, 2.75) is 33.6 Å². The highest BCUT2D eigenvalue weighted by atomic mass is 28.3. The molecule has 0 aliphatic carbocycles.